The minimum absolute atomic E-state index is 0.213. The van der Waals surface area contributed by atoms with Crippen LogP contribution in [0, 0.1) is 6.92 Å². The second kappa shape index (κ2) is 7.25. The van der Waals surface area contributed by atoms with Gasteiger partial charge in [-0.3, -0.25) is 4.79 Å². The number of alkyl halides is 1. The average molecular weight is 287 g/mol. The molecule has 0 N–H and O–H groups in total. The lowest BCUT2D eigenvalue weighted by Crippen LogP contribution is -2.03. The molecule has 2 rings (SSSR count). The molecule has 0 aliphatic carbocycles. The van der Waals surface area contributed by atoms with Gasteiger partial charge in [0.05, 0.1) is 0 Å². The Kier molecular flexibility index (Phi) is 5.37. The van der Waals surface area contributed by atoms with Gasteiger partial charge in [-0.15, -0.1) is 11.6 Å². The molecule has 0 amide bonds. The van der Waals surface area contributed by atoms with Crippen molar-refractivity contribution in [3.8, 4) is 11.1 Å². The van der Waals surface area contributed by atoms with Crippen LogP contribution in [0.2, 0.25) is 0 Å². The van der Waals surface area contributed by atoms with E-state index in [-0.39, 0.29) is 5.78 Å². The Balaban J connectivity index is 2.26. The predicted molar refractivity (Wildman–Crippen MR) is 85.5 cm³/mol. The summed E-state index contributed by atoms with van der Waals surface area (Å²) in [6, 6.07) is 16.1. The van der Waals surface area contributed by atoms with Crippen LogP contribution in [0.25, 0.3) is 11.1 Å². The monoisotopic (exact) mass is 286 g/mol. The van der Waals surface area contributed by atoms with E-state index >= 15 is 0 Å². The molecule has 2 aromatic rings. The zero-order valence-electron chi connectivity index (χ0n) is 11.7. The van der Waals surface area contributed by atoms with Gasteiger partial charge in [0, 0.05) is 17.9 Å². The van der Waals surface area contributed by atoms with Gasteiger partial charge in [0.2, 0.25) is 0 Å². The zero-order valence-corrected chi connectivity index (χ0v) is 12.5. The van der Waals surface area contributed by atoms with Crippen molar-refractivity contribution in [1.29, 1.82) is 0 Å². The highest BCUT2D eigenvalue weighted by Gasteiger charge is 2.12. The van der Waals surface area contributed by atoms with Crippen LogP contribution in [0.1, 0.15) is 35.2 Å². The predicted octanol–water partition coefficient (Wildman–Crippen LogP) is 5.25. The fourth-order valence-electron chi connectivity index (χ4n) is 2.38. The van der Waals surface area contributed by atoms with Gasteiger partial charge in [0.25, 0.3) is 0 Å². The van der Waals surface area contributed by atoms with Gasteiger partial charge >= 0.3 is 0 Å². The SMILES string of the molecule is Cc1c(C(=O)CCCCCl)cccc1-c1ccccc1. The van der Waals surface area contributed by atoms with Crippen molar-refractivity contribution in [2.45, 2.75) is 26.2 Å². The molecule has 2 heteroatoms. The van der Waals surface area contributed by atoms with E-state index in [0.717, 1.165) is 35.1 Å². The summed E-state index contributed by atoms with van der Waals surface area (Å²) in [6.45, 7) is 2.02. The van der Waals surface area contributed by atoms with E-state index in [4.69, 9.17) is 11.6 Å². The molecule has 0 radical (unpaired) electrons. The third-order valence-corrected chi connectivity index (χ3v) is 3.77. The standard InChI is InChI=1S/C18H19ClO/c1-14-16(15-8-3-2-4-9-15)10-7-11-17(14)18(20)12-5-6-13-19/h2-4,7-11H,5-6,12-13H2,1H3. The first-order chi connectivity index (χ1) is 9.74. The topological polar surface area (TPSA) is 17.1 Å². The lowest BCUT2D eigenvalue weighted by atomic mass is 9.93. The van der Waals surface area contributed by atoms with E-state index < -0.39 is 0 Å². The molecule has 0 fully saturated rings. The maximum Gasteiger partial charge on any atom is 0.163 e. The van der Waals surface area contributed by atoms with Crippen molar-refractivity contribution in [3.63, 3.8) is 0 Å². The Labute approximate surface area is 125 Å². The van der Waals surface area contributed by atoms with Crippen molar-refractivity contribution < 1.29 is 4.79 Å². The van der Waals surface area contributed by atoms with E-state index in [0.29, 0.717) is 12.3 Å². The molecule has 0 unspecified atom stereocenters. The number of ketones is 1. The van der Waals surface area contributed by atoms with E-state index in [2.05, 4.69) is 18.2 Å². The number of unbranched alkanes of at least 4 members (excludes halogenated alkanes) is 1. The summed E-state index contributed by atoms with van der Waals surface area (Å²) in [4.78, 5) is 12.3. The molecule has 0 aliphatic heterocycles. The number of hydrogen-bond donors (Lipinski definition) is 0. The number of carbonyl (C=O) groups is 1. The van der Waals surface area contributed by atoms with Crippen LogP contribution in [-0.4, -0.2) is 11.7 Å². The number of rotatable bonds is 6. The lowest BCUT2D eigenvalue weighted by Gasteiger charge is -2.11. The Bertz CT molecular complexity index is 575. The summed E-state index contributed by atoms with van der Waals surface area (Å²) in [7, 11) is 0. The smallest absolute Gasteiger partial charge is 0.163 e. The molecule has 0 spiro atoms. The van der Waals surface area contributed by atoms with Crippen molar-refractivity contribution >= 4 is 17.4 Å². The van der Waals surface area contributed by atoms with Gasteiger partial charge in [0.1, 0.15) is 0 Å². The molecule has 0 saturated carbocycles. The third-order valence-electron chi connectivity index (χ3n) is 3.51. The average Bonchev–Trinajstić information content (AvgIpc) is 2.48. The van der Waals surface area contributed by atoms with Gasteiger partial charge in [-0.25, -0.2) is 0 Å². The fraction of sp³-hybridized carbons (Fsp3) is 0.278. The largest absolute Gasteiger partial charge is 0.294 e. The molecule has 0 bridgehead atoms. The highest BCUT2D eigenvalue weighted by Crippen LogP contribution is 2.26. The van der Waals surface area contributed by atoms with Crippen LogP contribution < -0.4 is 0 Å². The molecule has 2 aromatic carbocycles. The van der Waals surface area contributed by atoms with Crippen LogP contribution in [0.5, 0.6) is 0 Å². The number of hydrogen-bond acceptors (Lipinski definition) is 1. The fourth-order valence-corrected chi connectivity index (χ4v) is 2.57. The van der Waals surface area contributed by atoms with E-state index in [9.17, 15) is 4.79 Å². The summed E-state index contributed by atoms with van der Waals surface area (Å²) in [5.41, 5.74) is 4.18. The highest BCUT2D eigenvalue weighted by atomic mass is 35.5. The van der Waals surface area contributed by atoms with Crippen LogP contribution in [0.4, 0.5) is 0 Å². The number of carbonyl (C=O) groups excluding carboxylic acids is 1. The van der Waals surface area contributed by atoms with Crippen molar-refractivity contribution in [2.24, 2.45) is 0 Å². The maximum atomic E-state index is 12.3. The second-order valence-corrected chi connectivity index (χ2v) is 5.29. The molecule has 0 atom stereocenters. The number of halogens is 1. The molecule has 20 heavy (non-hydrogen) atoms. The zero-order chi connectivity index (χ0) is 14.4. The molecule has 0 aliphatic rings. The molecule has 0 heterocycles. The molecule has 0 saturated heterocycles. The third kappa shape index (κ3) is 3.49. The minimum Gasteiger partial charge on any atom is -0.294 e. The van der Waals surface area contributed by atoms with Gasteiger partial charge in [-0.05, 0) is 36.5 Å². The van der Waals surface area contributed by atoms with Crippen LogP contribution in [0.15, 0.2) is 48.5 Å². The Morgan fingerprint density at radius 2 is 1.75 bits per heavy atom. The van der Waals surface area contributed by atoms with E-state index in [1.54, 1.807) is 0 Å². The summed E-state index contributed by atoms with van der Waals surface area (Å²) in [5.74, 6) is 0.835. The molecular formula is C18H19ClO. The van der Waals surface area contributed by atoms with Gasteiger partial charge in [0.15, 0.2) is 5.78 Å². The van der Waals surface area contributed by atoms with Crippen LogP contribution in [0.3, 0.4) is 0 Å². The summed E-state index contributed by atoms with van der Waals surface area (Å²) < 4.78 is 0. The summed E-state index contributed by atoms with van der Waals surface area (Å²) >= 11 is 5.66. The van der Waals surface area contributed by atoms with Gasteiger partial charge in [-0.2, -0.15) is 0 Å². The molecule has 0 aromatic heterocycles. The lowest BCUT2D eigenvalue weighted by molar-refractivity contribution is 0.0979. The van der Waals surface area contributed by atoms with E-state index in [1.165, 1.54) is 0 Å². The normalized spacial score (nSPS) is 10.5. The molecule has 1 nitrogen and oxygen atoms in total. The van der Waals surface area contributed by atoms with Crippen molar-refractivity contribution in [2.75, 3.05) is 5.88 Å². The maximum absolute atomic E-state index is 12.3. The highest BCUT2D eigenvalue weighted by molar-refractivity contribution is 6.17. The van der Waals surface area contributed by atoms with Gasteiger partial charge < -0.3 is 0 Å². The van der Waals surface area contributed by atoms with Crippen LogP contribution in [-0.2, 0) is 0 Å². The summed E-state index contributed by atoms with van der Waals surface area (Å²) in [6.07, 6.45) is 2.33. The first-order valence-electron chi connectivity index (χ1n) is 6.98. The quantitative estimate of drug-likeness (QED) is 0.402. The Morgan fingerprint density at radius 1 is 1.00 bits per heavy atom. The second-order valence-electron chi connectivity index (χ2n) is 4.91. The molecular weight excluding hydrogens is 268 g/mol. The summed E-state index contributed by atoms with van der Waals surface area (Å²) in [5, 5.41) is 0. The minimum atomic E-state index is 0.213. The number of benzene rings is 2. The van der Waals surface area contributed by atoms with Crippen LogP contribution >= 0.6 is 11.6 Å². The number of Topliss-reactive ketones (excluding diaryl/α,β-unsaturated/α-hetero) is 1. The first-order valence-corrected chi connectivity index (χ1v) is 7.51. The Hall–Kier alpha value is -1.60. The van der Waals surface area contributed by atoms with Gasteiger partial charge in [-0.1, -0.05) is 48.5 Å². The Morgan fingerprint density at radius 3 is 2.45 bits per heavy atom. The first kappa shape index (κ1) is 14.8. The van der Waals surface area contributed by atoms with Crippen molar-refractivity contribution in [1.82, 2.24) is 0 Å². The van der Waals surface area contributed by atoms with Crippen molar-refractivity contribution in [3.05, 3.63) is 59.7 Å². The molecule has 104 valence electrons. The van der Waals surface area contributed by atoms with E-state index in [1.807, 2.05) is 37.3 Å².